The van der Waals surface area contributed by atoms with Gasteiger partial charge in [-0.1, -0.05) is 16.5 Å². The minimum atomic E-state index is -0.475. The Morgan fingerprint density at radius 3 is 2.92 bits per heavy atom. The largest absolute Gasteiger partial charge is 0.410 e. The quantitative estimate of drug-likeness (QED) is 0.327. The van der Waals surface area contributed by atoms with Gasteiger partial charge in [-0.2, -0.15) is 0 Å². The molecule has 1 heterocycles. The Bertz CT molecular complexity index is 346. The summed E-state index contributed by atoms with van der Waals surface area (Å²) in [5.74, 6) is -0.475. The second-order valence-electron chi connectivity index (χ2n) is 2.17. The van der Waals surface area contributed by atoms with Gasteiger partial charge < -0.3 is 10.5 Å². The van der Waals surface area contributed by atoms with E-state index in [0.717, 1.165) is 0 Å². The third kappa shape index (κ3) is 1.94. The molecule has 0 atom stereocenters. The lowest BCUT2D eigenvalue weighted by Crippen LogP contribution is -2.32. The molecule has 0 saturated carbocycles. The number of carbonyl (C=O) groups is 1. The highest BCUT2D eigenvalue weighted by atomic mass is 32.1. The van der Waals surface area contributed by atoms with E-state index in [0.29, 0.717) is 10.8 Å². The number of H-pyrrole nitrogens is 1. The van der Waals surface area contributed by atoms with Gasteiger partial charge in [0.25, 0.3) is 5.91 Å². The topological polar surface area (TPSA) is 102 Å². The van der Waals surface area contributed by atoms with E-state index < -0.39 is 5.91 Å². The van der Waals surface area contributed by atoms with E-state index >= 15 is 0 Å². The summed E-state index contributed by atoms with van der Waals surface area (Å²) in [5.41, 5.74) is 5.71. The lowest BCUT2D eigenvalue weighted by atomic mass is 10.3. The van der Waals surface area contributed by atoms with E-state index in [9.17, 15) is 4.79 Å². The van der Waals surface area contributed by atoms with Gasteiger partial charge in [-0.25, -0.2) is 4.98 Å². The van der Waals surface area contributed by atoms with Crippen LogP contribution < -0.4 is 16.0 Å². The predicted octanol–water partition coefficient (Wildman–Crippen LogP) is -0.931. The normalized spacial score (nSPS) is 11.3. The van der Waals surface area contributed by atoms with Crippen LogP contribution in [0.3, 0.4) is 0 Å². The van der Waals surface area contributed by atoms with Crippen molar-refractivity contribution in [2.75, 3.05) is 12.8 Å². The zero-order chi connectivity index (χ0) is 9.84. The number of aromatic amines is 1. The molecule has 1 amide bonds. The van der Waals surface area contributed by atoms with E-state index in [2.05, 4.69) is 15.5 Å². The summed E-state index contributed by atoms with van der Waals surface area (Å²) < 4.78 is 0. The number of nitrogen functional groups attached to an aromatic ring is 1. The van der Waals surface area contributed by atoms with Crippen LogP contribution in [0, 0.1) is 0 Å². The predicted molar refractivity (Wildman–Crippen MR) is 47.7 cm³/mol. The fraction of sp³-hybridized carbons (Fsp3) is 0.167. The van der Waals surface area contributed by atoms with Crippen molar-refractivity contribution in [2.45, 2.75) is 0 Å². The third-order valence-electron chi connectivity index (χ3n) is 1.36. The van der Waals surface area contributed by atoms with Gasteiger partial charge in [0.1, 0.15) is 0 Å². The molecule has 0 unspecified atom stereocenters. The summed E-state index contributed by atoms with van der Waals surface area (Å²) in [6.07, 6.45) is 0. The molecule has 0 aliphatic rings. The summed E-state index contributed by atoms with van der Waals surface area (Å²) in [7, 11) is 1.45. The van der Waals surface area contributed by atoms with Gasteiger partial charge in [-0.05, 0) is 0 Å². The Kier molecular flexibility index (Phi) is 2.80. The standard InChI is InChI=1S/C6H8N4O2S/c1-8-5(11)4(10-12)3-2-13-6(7)9-3/h2,12H,1H3,(H2,7,9)(H,8,11)/p+1/b10-4-. The number of thiazole rings is 1. The van der Waals surface area contributed by atoms with Crippen LogP contribution in [0.4, 0.5) is 5.13 Å². The van der Waals surface area contributed by atoms with Gasteiger partial charge in [0, 0.05) is 12.4 Å². The number of nitrogens with zero attached hydrogens (tertiary/aromatic N) is 1. The van der Waals surface area contributed by atoms with Gasteiger partial charge in [-0.15, -0.1) is 0 Å². The molecular formula is C6H9N4O2S+. The average molecular weight is 201 g/mol. The zero-order valence-electron chi connectivity index (χ0n) is 6.87. The first-order chi connectivity index (χ1) is 6.19. The first-order valence-electron chi connectivity index (χ1n) is 3.39. The van der Waals surface area contributed by atoms with Gasteiger partial charge >= 0.3 is 5.13 Å². The molecule has 13 heavy (non-hydrogen) atoms. The lowest BCUT2D eigenvalue weighted by Gasteiger charge is -1.95. The summed E-state index contributed by atoms with van der Waals surface area (Å²) in [4.78, 5) is 13.8. The molecular weight excluding hydrogens is 192 g/mol. The Morgan fingerprint density at radius 1 is 1.85 bits per heavy atom. The Hall–Kier alpha value is -1.63. The minimum Gasteiger partial charge on any atom is -0.410 e. The van der Waals surface area contributed by atoms with E-state index in [-0.39, 0.29) is 5.71 Å². The van der Waals surface area contributed by atoms with Crippen LogP contribution in [0.15, 0.2) is 10.5 Å². The molecule has 0 spiro atoms. The fourth-order valence-corrected chi connectivity index (χ4v) is 1.35. The molecule has 0 bridgehead atoms. The Morgan fingerprint density at radius 2 is 2.54 bits per heavy atom. The van der Waals surface area contributed by atoms with Crippen LogP contribution in [0.5, 0.6) is 0 Å². The van der Waals surface area contributed by atoms with Crippen LogP contribution in [0.1, 0.15) is 5.69 Å². The highest BCUT2D eigenvalue weighted by Gasteiger charge is 2.18. The number of carbonyl (C=O) groups excluding carboxylic acids is 1. The minimum absolute atomic E-state index is 0.0875. The fourth-order valence-electron chi connectivity index (χ4n) is 0.769. The maximum Gasteiger partial charge on any atom is 0.329 e. The molecule has 0 saturated heterocycles. The number of oxime groups is 1. The number of hydrogen-bond donors (Lipinski definition) is 3. The van der Waals surface area contributed by atoms with Crippen molar-refractivity contribution in [3.05, 3.63) is 11.1 Å². The van der Waals surface area contributed by atoms with Crippen molar-refractivity contribution >= 4 is 28.1 Å². The Balaban J connectivity index is 2.99. The van der Waals surface area contributed by atoms with Crippen molar-refractivity contribution in [3.8, 4) is 0 Å². The molecule has 1 aromatic rings. The summed E-state index contributed by atoms with van der Waals surface area (Å²) in [5, 5.41) is 15.8. The van der Waals surface area contributed by atoms with Gasteiger partial charge in [0.2, 0.25) is 5.71 Å². The zero-order valence-corrected chi connectivity index (χ0v) is 7.68. The number of nitrogens with two attached hydrogens (primary N) is 1. The molecule has 1 aromatic heterocycles. The monoisotopic (exact) mass is 201 g/mol. The highest BCUT2D eigenvalue weighted by Crippen LogP contribution is 2.06. The molecule has 0 radical (unpaired) electrons. The van der Waals surface area contributed by atoms with E-state index in [1.165, 1.54) is 18.4 Å². The lowest BCUT2D eigenvalue weighted by molar-refractivity contribution is -0.356. The van der Waals surface area contributed by atoms with E-state index in [1.54, 1.807) is 5.38 Å². The second kappa shape index (κ2) is 3.85. The second-order valence-corrected chi connectivity index (χ2v) is 3.08. The van der Waals surface area contributed by atoms with Crippen LogP contribution in [0.25, 0.3) is 0 Å². The Labute approximate surface area is 78.1 Å². The number of hydrogen-bond acceptors (Lipinski definition) is 5. The molecule has 7 heteroatoms. The van der Waals surface area contributed by atoms with Crippen LogP contribution >= 0.6 is 11.3 Å². The van der Waals surface area contributed by atoms with Gasteiger partial charge in [0.15, 0.2) is 5.69 Å². The van der Waals surface area contributed by atoms with Crippen molar-refractivity contribution in [2.24, 2.45) is 5.16 Å². The van der Waals surface area contributed by atoms with Crippen molar-refractivity contribution in [1.29, 1.82) is 0 Å². The maximum absolute atomic E-state index is 11.1. The smallest absolute Gasteiger partial charge is 0.329 e. The molecule has 0 aromatic carbocycles. The van der Waals surface area contributed by atoms with E-state index in [1.807, 2.05) is 0 Å². The average Bonchev–Trinajstić information content (AvgIpc) is 2.53. The van der Waals surface area contributed by atoms with E-state index in [4.69, 9.17) is 10.9 Å². The van der Waals surface area contributed by atoms with Crippen LogP contribution in [-0.2, 0) is 4.79 Å². The van der Waals surface area contributed by atoms with Gasteiger partial charge in [-0.3, -0.25) is 10.5 Å². The number of nitrogens with one attached hydrogen (secondary N) is 2. The first kappa shape index (κ1) is 9.46. The molecule has 70 valence electrons. The van der Waals surface area contributed by atoms with Crippen molar-refractivity contribution in [1.82, 2.24) is 5.32 Å². The van der Waals surface area contributed by atoms with Crippen LogP contribution in [-0.4, -0.2) is 23.9 Å². The number of likely N-dealkylation sites (N-methyl/N-ethyl adjacent to an activating group) is 1. The number of aromatic nitrogens is 1. The maximum atomic E-state index is 11.1. The van der Waals surface area contributed by atoms with Crippen molar-refractivity contribution < 1.29 is 15.0 Å². The molecule has 6 nitrogen and oxygen atoms in total. The summed E-state index contributed by atoms with van der Waals surface area (Å²) in [6, 6.07) is 0. The summed E-state index contributed by atoms with van der Waals surface area (Å²) >= 11 is 1.23. The molecule has 0 aliphatic heterocycles. The number of rotatable bonds is 2. The molecule has 5 N–H and O–H groups in total. The molecule has 1 rings (SSSR count). The third-order valence-corrected chi connectivity index (χ3v) is 2.07. The van der Waals surface area contributed by atoms with Gasteiger partial charge in [0.05, 0.1) is 0 Å². The number of amides is 1. The SMILES string of the molecule is CNC(=O)/C(=N\O)c1csc(N)[nH+]1. The molecule has 0 aliphatic carbocycles. The summed E-state index contributed by atoms with van der Waals surface area (Å²) in [6.45, 7) is 0. The number of anilines is 1. The van der Waals surface area contributed by atoms with Crippen molar-refractivity contribution in [3.63, 3.8) is 0 Å². The molecule has 0 fully saturated rings. The first-order valence-corrected chi connectivity index (χ1v) is 4.27. The van der Waals surface area contributed by atoms with Crippen LogP contribution in [0.2, 0.25) is 0 Å². The highest BCUT2D eigenvalue weighted by molar-refractivity contribution is 7.13.